The second-order valence-electron chi connectivity index (χ2n) is 3.44. The van der Waals surface area contributed by atoms with Crippen LogP contribution < -0.4 is 10.1 Å². The zero-order valence-electron chi connectivity index (χ0n) is 9.44. The number of hydrogen-bond donors (Lipinski definition) is 1. The zero-order valence-corrected chi connectivity index (χ0v) is 9.44. The van der Waals surface area contributed by atoms with Crippen molar-refractivity contribution in [2.24, 2.45) is 0 Å². The maximum Gasteiger partial charge on any atom is 0.405 e. The van der Waals surface area contributed by atoms with Crippen LogP contribution in [0.2, 0.25) is 0 Å². The van der Waals surface area contributed by atoms with E-state index in [1.54, 1.807) is 5.32 Å². The van der Waals surface area contributed by atoms with E-state index in [1.807, 2.05) is 0 Å². The van der Waals surface area contributed by atoms with Gasteiger partial charge in [-0.2, -0.15) is 13.2 Å². The molecule has 0 bridgehead atoms. The highest BCUT2D eigenvalue weighted by Crippen LogP contribution is 2.18. The number of nitrogens with one attached hydrogen (secondary N) is 1. The summed E-state index contributed by atoms with van der Waals surface area (Å²) in [7, 11) is 0. The molecule has 0 radical (unpaired) electrons. The number of non-ortho nitro benzene ring substituents is 1. The summed E-state index contributed by atoms with van der Waals surface area (Å²) in [5.74, 6) is -0.944. The number of nitrogens with zero attached hydrogens (tertiary/aromatic N) is 1. The fraction of sp³-hybridized carbons (Fsp3) is 0.300. The first-order valence-electron chi connectivity index (χ1n) is 4.98. The summed E-state index contributed by atoms with van der Waals surface area (Å²) in [6.07, 6.45) is -4.50. The Kier molecular flexibility index (Phi) is 4.67. The first-order valence-corrected chi connectivity index (χ1v) is 4.98. The van der Waals surface area contributed by atoms with Crippen LogP contribution in [-0.4, -0.2) is 30.2 Å². The van der Waals surface area contributed by atoms with Crippen molar-refractivity contribution in [2.45, 2.75) is 6.18 Å². The number of amides is 1. The summed E-state index contributed by atoms with van der Waals surface area (Å²) in [5.41, 5.74) is -0.242. The topological polar surface area (TPSA) is 81.5 Å². The number of nitro benzene ring substituents is 1. The Morgan fingerprint density at radius 1 is 1.42 bits per heavy atom. The molecule has 6 nitrogen and oxygen atoms in total. The number of ether oxygens (including phenoxy) is 1. The van der Waals surface area contributed by atoms with Crippen LogP contribution in [0.4, 0.5) is 18.9 Å². The first kappa shape index (κ1) is 14.7. The highest BCUT2D eigenvalue weighted by molar-refractivity contribution is 5.77. The van der Waals surface area contributed by atoms with Crippen molar-refractivity contribution in [3.8, 4) is 5.75 Å². The summed E-state index contributed by atoms with van der Waals surface area (Å²) in [5, 5.41) is 12.1. The number of alkyl halides is 3. The summed E-state index contributed by atoms with van der Waals surface area (Å²) >= 11 is 0. The molecule has 0 saturated heterocycles. The lowest BCUT2D eigenvalue weighted by Gasteiger charge is -2.09. The third-order valence-corrected chi connectivity index (χ3v) is 1.88. The number of halogens is 3. The van der Waals surface area contributed by atoms with E-state index in [4.69, 9.17) is 4.74 Å². The van der Waals surface area contributed by atoms with Gasteiger partial charge in [-0.1, -0.05) is 6.07 Å². The molecule has 0 aliphatic heterocycles. The minimum Gasteiger partial charge on any atom is -0.484 e. The lowest BCUT2D eigenvalue weighted by molar-refractivity contribution is -0.384. The van der Waals surface area contributed by atoms with Crippen LogP contribution in [-0.2, 0) is 4.79 Å². The molecule has 9 heteroatoms. The predicted octanol–water partition coefficient (Wildman–Crippen LogP) is 1.65. The standard InChI is InChI=1S/C10H9F3N2O4/c11-10(12,13)6-14-9(16)5-19-8-3-1-2-7(4-8)15(17)18/h1-4H,5-6H2,(H,14,16). The van der Waals surface area contributed by atoms with Gasteiger partial charge < -0.3 is 10.1 Å². The van der Waals surface area contributed by atoms with Gasteiger partial charge in [0.2, 0.25) is 0 Å². The van der Waals surface area contributed by atoms with Gasteiger partial charge in [-0.05, 0) is 6.07 Å². The lowest BCUT2D eigenvalue weighted by Crippen LogP contribution is -2.36. The van der Waals surface area contributed by atoms with E-state index in [9.17, 15) is 28.1 Å². The zero-order chi connectivity index (χ0) is 14.5. The molecular weight excluding hydrogens is 269 g/mol. The molecule has 0 spiro atoms. The van der Waals surface area contributed by atoms with Crippen molar-refractivity contribution in [3.63, 3.8) is 0 Å². The molecule has 0 aromatic heterocycles. The molecule has 0 saturated carbocycles. The number of nitro groups is 1. The van der Waals surface area contributed by atoms with Gasteiger partial charge in [-0.3, -0.25) is 14.9 Å². The van der Waals surface area contributed by atoms with Crippen LogP contribution in [0.5, 0.6) is 5.75 Å². The van der Waals surface area contributed by atoms with Gasteiger partial charge in [0.25, 0.3) is 11.6 Å². The van der Waals surface area contributed by atoms with Gasteiger partial charge in [0.15, 0.2) is 6.61 Å². The molecule has 0 heterocycles. The molecule has 0 aliphatic carbocycles. The largest absolute Gasteiger partial charge is 0.484 e. The third kappa shape index (κ3) is 5.70. The van der Waals surface area contributed by atoms with Crippen molar-refractivity contribution in [1.82, 2.24) is 5.32 Å². The molecule has 19 heavy (non-hydrogen) atoms. The van der Waals surface area contributed by atoms with E-state index < -0.39 is 30.2 Å². The van der Waals surface area contributed by atoms with Crippen molar-refractivity contribution in [2.75, 3.05) is 13.2 Å². The predicted molar refractivity (Wildman–Crippen MR) is 57.7 cm³/mol. The highest BCUT2D eigenvalue weighted by atomic mass is 19.4. The highest BCUT2D eigenvalue weighted by Gasteiger charge is 2.27. The number of rotatable bonds is 5. The van der Waals surface area contributed by atoms with Crippen molar-refractivity contribution >= 4 is 11.6 Å². The van der Waals surface area contributed by atoms with E-state index in [0.717, 1.165) is 6.07 Å². The molecule has 0 unspecified atom stereocenters. The van der Waals surface area contributed by atoms with Gasteiger partial charge in [-0.15, -0.1) is 0 Å². The van der Waals surface area contributed by atoms with E-state index in [2.05, 4.69) is 0 Å². The van der Waals surface area contributed by atoms with E-state index >= 15 is 0 Å². The van der Waals surface area contributed by atoms with Gasteiger partial charge in [-0.25, -0.2) is 0 Å². The van der Waals surface area contributed by atoms with Gasteiger partial charge in [0.1, 0.15) is 12.3 Å². The van der Waals surface area contributed by atoms with Crippen LogP contribution in [0, 0.1) is 10.1 Å². The minimum absolute atomic E-state index is 0.0244. The Morgan fingerprint density at radius 2 is 2.11 bits per heavy atom. The summed E-state index contributed by atoms with van der Waals surface area (Å²) in [6, 6.07) is 4.97. The van der Waals surface area contributed by atoms with Crippen molar-refractivity contribution < 1.29 is 27.6 Å². The third-order valence-electron chi connectivity index (χ3n) is 1.88. The maximum atomic E-state index is 11.8. The second-order valence-corrected chi connectivity index (χ2v) is 3.44. The minimum atomic E-state index is -4.50. The van der Waals surface area contributed by atoms with Gasteiger partial charge in [0, 0.05) is 6.07 Å². The SMILES string of the molecule is O=C(COc1cccc([N+](=O)[O-])c1)NCC(F)(F)F. The molecule has 0 atom stereocenters. The Balaban J connectivity index is 2.46. The molecule has 1 rings (SSSR count). The van der Waals surface area contributed by atoms with E-state index in [1.165, 1.54) is 18.2 Å². The quantitative estimate of drug-likeness (QED) is 0.656. The fourth-order valence-corrected chi connectivity index (χ4v) is 1.09. The molecule has 1 amide bonds. The Hall–Kier alpha value is -2.32. The van der Waals surface area contributed by atoms with Gasteiger partial charge in [0.05, 0.1) is 11.0 Å². The van der Waals surface area contributed by atoms with Crippen LogP contribution in [0.3, 0.4) is 0 Å². The van der Waals surface area contributed by atoms with Crippen molar-refractivity contribution in [1.29, 1.82) is 0 Å². The summed E-state index contributed by atoms with van der Waals surface area (Å²) in [4.78, 5) is 20.8. The lowest BCUT2D eigenvalue weighted by atomic mass is 10.3. The molecular formula is C10H9F3N2O4. The number of benzene rings is 1. The van der Waals surface area contributed by atoms with Crippen molar-refractivity contribution in [3.05, 3.63) is 34.4 Å². The Bertz CT molecular complexity index is 476. The van der Waals surface area contributed by atoms with Gasteiger partial charge >= 0.3 is 6.18 Å². The summed E-state index contributed by atoms with van der Waals surface area (Å²) < 4.78 is 40.2. The molecule has 104 valence electrons. The average molecular weight is 278 g/mol. The van der Waals surface area contributed by atoms with Crippen LogP contribution in [0.25, 0.3) is 0 Å². The molecule has 1 aromatic carbocycles. The van der Waals surface area contributed by atoms with E-state index in [0.29, 0.717) is 0 Å². The van der Waals surface area contributed by atoms with E-state index in [-0.39, 0.29) is 11.4 Å². The molecule has 1 aromatic rings. The van der Waals surface area contributed by atoms with Crippen LogP contribution in [0.1, 0.15) is 0 Å². The monoisotopic (exact) mass is 278 g/mol. The van der Waals surface area contributed by atoms with Crippen LogP contribution >= 0.6 is 0 Å². The molecule has 0 fully saturated rings. The molecule has 0 aliphatic rings. The number of hydrogen-bond acceptors (Lipinski definition) is 4. The smallest absolute Gasteiger partial charge is 0.405 e. The Morgan fingerprint density at radius 3 is 2.68 bits per heavy atom. The van der Waals surface area contributed by atoms with Crippen LogP contribution in [0.15, 0.2) is 24.3 Å². The Labute approximate surface area is 105 Å². The normalized spacial score (nSPS) is 10.9. The second kappa shape index (κ2) is 6.03. The number of carbonyl (C=O) groups excluding carboxylic acids is 1. The average Bonchev–Trinajstić information content (AvgIpc) is 2.33. The molecule has 1 N–H and O–H groups in total. The number of carbonyl (C=O) groups is 1. The first-order chi connectivity index (χ1) is 8.78. The fourth-order valence-electron chi connectivity index (χ4n) is 1.09. The summed E-state index contributed by atoms with van der Waals surface area (Å²) in [6.45, 7) is -2.11. The maximum absolute atomic E-state index is 11.8.